The predicted molar refractivity (Wildman–Crippen MR) is 80.7 cm³/mol. The van der Waals surface area contributed by atoms with E-state index in [4.69, 9.17) is 0 Å². The Bertz CT molecular complexity index is 695. The van der Waals surface area contributed by atoms with Crippen LogP contribution in [0.1, 0.15) is 39.5 Å². The van der Waals surface area contributed by atoms with Crippen molar-refractivity contribution in [3.05, 3.63) is 70.5 Å². The monoisotopic (exact) mass is 283 g/mol. The van der Waals surface area contributed by atoms with Crippen LogP contribution in [-0.4, -0.2) is 17.9 Å². The molecule has 0 spiro atoms. The minimum atomic E-state index is -0.277. The molecule has 0 saturated heterocycles. The molecule has 0 fully saturated rings. The van der Waals surface area contributed by atoms with Gasteiger partial charge in [-0.2, -0.15) is 0 Å². The van der Waals surface area contributed by atoms with Gasteiger partial charge < -0.3 is 4.90 Å². The summed E-state index contributed by atoms with van der Waals surface area (Å²) < 4.78 is 13.3. The second-order valence-electron chi connectivity index (χ2n) is 5.63. The summed E-state index contributed by atoms with van der Waals surface area (Å²) in [5, 5.41) is 0. The zero-order chi connectivity index (χ0) is 15.0. The molecule has 21 heavy (non-hydrogen) atoms. The average Bonchev–Trinajstić information content (AvgIpc) is 2.92. The number of nitrogens with zero attached hydrogens (tertiary/aromatic N) is 1. The van der Waals surface area contributed by atoms with E-state index in [0.717, 1.165) is 12.8 Å². The van der Waals surface area contributed by atoms with E-state index in [2.05, 4.69) is 12.1 Å². The third-order valence-corrected chi connectivity index (χ3v) is 4.29. The molecule has 0 saturated carbocycles. The van der Waals surface area contributed by atoms with Crippen molar-refractivity contribution in [1.29, 1.82) is 0 Å². The third kappa shape index (κ3) is 2.44. The summed E-state index contributed by atoms with van der Waals surface area (Å²) >= 11 is 0. The maximum atomic E-state index is 13.3. The number of halogens is 1. The fourth-order valence-corrected chi connectivity index (χ4v) is 3.06. The van der Waals surface area contributed by atoms with Gasteiger partial charge in [-0.3, -0.25) is 4.79 Å². The lowest BCUT2D eigenvalue weighted by Crippen LogP contribution is -2.30. The first-order valence-corrected chi connectivity index (χ1v) is 7.19. The van der Waals surface area contributed by atoms with Crippen LogP contribution in [0, 0.1) is 12.7 Å². The van der Waals surface area contributed by atoms with Gasteiger partial charge in [-0.05, 0) is 54.7 Å². The Hall–Kier alpha value is -2.16. The van der Waals surface area contributed by atoms with Crippen LogP contribution >= 0.6 is 0 Å². The average molecular weight is 283 g/mol. The smallest absolute Gasteiger partial charge is 0.254 e. The maximum absolute atomic E-state index is 13.3. The van der Waals surface area contributed by atoms with Gasteiger partial charge >= 0.3 is 0 Å². The van der Waals surface area contributed by atoms with Crippen molar-refractivity contribution in [2.75, 3.05) is 7.05 Å². The molecule has 2 aromatic carbocycles. The molecule has 1 amide bonds. The highest BCUT2D eigenvalue weighted by Crippen LogP contribution is 2.35. The molecule has 0 bridgehead atoms. The number of fused-ring (bicyclic) bond motifs is 1. The van der Waals surface area contributed by atoms with Crippen LogP contribution in [0.3, 0.4) is 0 Å². The number of rotatable bonds is 2. The third-order valence-electron chi connectivity index (χ3n) is 4.29. The molecular weight excluding hydrogens is 265 g/mol. The van der Waals surface area contributed by atoms with Crippen LogP contribution in [0.4, 0.5) is 4.39 Å². The van der Waals surface area contributed by atoms with Gasteiger partial charge in [-0.15, -0.1) is 0 Å². The molecule has 1 aliphatic rings. The quantitative estimate of drug-likeness (QED) is 0.818. The van der Waals surface area contributed by atoms with Crippen LogP contribution in [0.25, 0.3) is 0 Å². The first kappa shape index (κ1) is 13.8. The van der Waals surface area contributed by atoms with Gasteiger partial charge in [0.2, 0.25) is 0 Å². The Morgan fingerprint density at radius 1 is 1.24 bits per heavy atom. The van der Waals surface area contributed by atoms with Gasteiger partial charge in [0, 0.05) is 12.6 Å². The standard InChI is InChI=1S/C18H18FNO/c1-12-11-14(7-9-16(12)19)18(21)20(2)17-10-8-13-5-3-4-6-15(13)17/h3-7,9,11,17H,8,10H2,1-2H3. The minimum Gasteiger partial charge on any atom is -0.335 e. The number of amides is 1. The van der Waals surface area contributed by atoms with Gasteiger partial charge in [0.05, 0.1) is 6.04 Å². The highest BCUT2D eigenvalue weighted by molar-refractivity contribution is 5.94. The van der Waals surface area contributed by atoms with Gasteiger partial charge in [0.25, 0.3) is 5.91 Å². The summed E-state index contributed by atoms with van der Waals surface area (Å²) in [6, 6.07) is 12.9. The van der Waals surface area contributed by atoms with Crippen LogP contribution < -0.4 is 0 Å². The summed E-state index contributed by atoms with van der Waals surface area (Å²) in [5.41, 5.74) is 3.59. The molecule has 1 atom stereocenters. The fraction of sp³-hybridized carbons (Fsp3) is 0.278. The van der Waals surface area contributed by atoms with E-state index in [1.807, 2.05) is 19.2 Å². The van der Waals surface area contributed by atoms with E-state index in [1.165, 1.54) is 17.2 Å². The molecule has 3 rings (SSSR count). The van der Waals surface area contributed by atoms with E-state index < -0.39 is 0 Å². The first-order valence-electron chi connectivity index (χ1n) is 7.19. The van der Waals surface area contributed by atoms with Gasteiger partial charge in [0.15, 0.2) is 0 Å². The summed E-state index contributed by atoms with van der Waals surface area (Å²) in [7, 11) is 1.83. The van der Waals surface area contributed by atoms with Crippen LogP contribution in [0.15, 0.2) is 42.5 Å². The normalized spacial score (nSPS) is 16.6. The highest BCUT2D eigenvalue weighted by Gasteiger charge is 2.28. The van der Waals surface area contributed by atoms with Crippen molar-refractivity contribution in [3.8, 4) is 0 Å². The molecule has 0 aromatic heterocycles. The van der Waals surface area contributed by atoms with Crippen molar-refractivity contribution >= 4 is 5.91 Å². The summed E-state index contributed by atoms with van der Waals surface area (Å²) in [4.78, 5) is 14.4. The Morgan fingerprint density at radius 3 is 2.76 bits per heavy atom. The Balaban J connectivity index is 1.87. The lowest BCUT2D eigenvalue weighted by atomic mass is 10.1. The van der Waals surface area contributed by atoms with Crippen molar-refractivity contribution in [2.24, 2.45) is 0 Å². The van der Waals surface area contributed by atoms with Crippen LogP contribution in [0.2, 0.25) is 0 Å². The van der Waals surface area contributed by atoms with Crippen molar-refractivity contribution in [2.45, 2.75) is 25.8 Å². The molecule has 0 heterocycles. The van der Waals surface area contributed by atoms with Crippen molar-refractivity contribution < 1.29 is 9.18 Å². The Kier molecular flexibility index (Phi) is 3.50. The van der Waals surface area contributed by atoms with Gasteiger partial charge in [0.1, 0.15) is 5.82 Å². The van der Waals surface area contributed by atoms with Crippen LogP contribution in [-0.2, 0) is 6.42 Å². The molecule has 0 radical (unpaired) electrons. The van der Waals surface area contributed by atoms with E-state index in [-0.39, 0.29) is 17.8 Å². The molecule has 1 unspecified atom stereocenters. The van der Waals surface area contributed by atoms with E-state index in [1.54, 1.807) is 24.0 Å². The topological polar surface area (TPSA) is 20.3 Å². The Labute approximate surface area is 124 Å². The minimum absolute atomic E-state index is 0.0557. The number of carbonyl (C=O) groups is 1. The van der Waals surface area contributed by atoms with Crippen LogP contribution in [0.5, 0.6) is 0 Å². The van der Waals surface area contributed by atoms with Gasteiger partial charge in [-0.25, -0.2) is 4.39 Å². The van der Waals surface area contributed by atoms with E-state index in [0.29, 0.717) is 11.1 Å². The van der Waals surface area contributed by atoms with Crippen molar-refractivity contribution in [3.63, 3.8) is 0 Å². The second-order valence-corrected chi connectivity index (χ2v) is 5.63. The fourth-order valence-electron chi connectivity index (χ4n) is 3.06. The zero-order valence-electron chi connectivity index (χ0n) is 12.3. The SMILES string of the molecule is Cc1cc(C(=O)N(C)C2CCc3ccccc32)ccc1F. The first-order chi connectivity index (χ1) is 10.1. The number of aryl methyl sites for hydroxylation is 2. The highest BCUT2D eigenvalue weighted by atomic mass is 19.1. The lowest BCUT2D eigenvalue weighted by molar-refractivity contribution is 0.0730. The summed E-state index contributed by atoms with van der Waals surface area (Å²) in [6.45, 7) is 1.68. The molecular formula is C18H18FNO. The molecule has 0 N–H and O–H groups in total. The number of hydrogen-bond acceptors (Lipinski definition) is 1. The van der Waals surface area contributed by atoms with Gasteiger partial charge in [-0.1, -0.05) is 24.3 Å². The number of benzene rings is 2. The Morgan fingerprint density at radius 2 is 2.00 bits per heavy atom. The molecule has 2 aromatic rings. The largest absolute Gasteiger partial charge is 0.335 e. The summed E-state index contributed by atoms with van der Waals surface area (Å²) in [6.07, 6.45) is 1.95. The molecule has 108 valence electrons. The molecule has 0 aliphatic heterocycles. The van der Waals surface area contributed by atoms with Crippen molar-refractivity contribution in [1.82, 2.24) is 4.90 Å². The lowest BCUT2D eigenvalue weighted by Gasteiger charge is -2.25. The van der Waals surface area contributed by atoms with E-state index in [9.17, 15) is 9.18 Å². The molecule has 1 aliphatic carbocycles. The second kappa shape index (κ2) is 5.32. The number of carbonyl (C=O) groups excluding carboxylic acids is 1. The van der Waals surface area contributed by atoms with E-state index >= 15 is 0 Å². The maximum Gasteiger partial charge on any atom is 0.254 e. The zero-order valence-corrected chi connectivity index (χ0v) is 12.3. The molecule has 3 heteroatoms. The predicted octanol–water partition coefficient (Wildman–Crippen LogP) is 3.89. The summed E-state index contributed by atoms with van der Waals surface area (Å²) in [5.74, 6) is -0.333. The molecule has 2 nitrogen and oxygen atoms in total. The number of hydrogen-bond donors (Lipinski definition) is 0.